The molecule has 2 radical (unpaired) electrons. The molecule has 3 rings (SSSR count). The summed E-state index contributed by atoms with van der Waals surface area (Å²) in [5.41, 5.74) is 5.56. The van der Waals surface area contributed by atoms with Gasteiger partial charge in [0.2, 0.25) is 0 Å². The van der Waals surface area contributed by atoms with E-state index in [2.05, 4.69) is 4.90 Å². The van der Waals surface area contributed by atoms with Gasteiger partial charge in [-0.25, -0.2) is 4.79 Å². The van der Waals surface area contributed by atoms with Crippen molar-refractivity contribution in [2.75, 3.05) is 47.4 Å². The largest absolute Gasteiger partial charge is 0.496 e. The zero-order valence-corrected chi connectivity index (χ0v) is 17.9. The Balaban J connectivity index is 1.99. The molecule has 1 saturated heterocycles. The molecule has 1 fully saturated rings. The third-order valence-corrected chi connectivity index (χ3v) is 5.80. The van der Waals surface area contributed by atoms with Gasteiger partial charge in [0.15, 0.2) is 13.9 Å². The van der Waals surface area contributed by atoms with Gasteiger partial charge in [0.1, 0.15) is 17.2 Å². The summed E-state index contributed by atoms with van der Waals surface area (Å²) in [5, 5.41) is 0. The Morgan fingerprint density at radius 1 is 1.03 bits per heavy atom. The van der Waals surface area contributed by atoms with Crippen LogP contribution in [0.3, 0.4) is 0 Å². The maximum Gasteiger partial charge on any atom is 0.182 e. The summed E-state index contributed by atoms with van der Waals surface area (Å²) in [6.07, 6.45) is 1.96. The summed E-state index contributed by atoms with van der Waals surface area (Å²) >= 11 is 0. The van der Waals surface area contributed by atoms with Crippen LogP contribution in [0.2, 0.25) is 0 Å². The van der Waals surface area contributed by atoms with E-state index in [9.17, 15) is 4.79 Å². The van der Waals surface area contributed by atoms with E-state index in [1.165, 1.54) is 0 Å². The van der Waals surface area contributed by atoms with Crippen molar-refractivity contribution in [2.45, 2.75) is 20.4 Å². The molecule has 29 heavy (non-hydrogen) atoms. The van der Waals surface area contributed by atoms with Crippen LogP contribution in [0.25, 0.3) is 5.57 Å². The predicted molar refractivity (Wildman–Crippen MR) is 115 cm³/mol. The summed E-state index contributed by atoms with van der Waals surface area (Å²) in [4.78, 5) is 17.3. The first-order valence-corrected chi connectivity index (χ1v) is 9.74. The smallest absolute Gasteiger partial charge is 0.182 e. The lowest BCUT2D eigenvalue weighted by Crippen LogP contribution is -2.44. The normalized spacial score (nSPS) is 18.6. The minimum Gasteiger partial charge on any atom is -0.496 e. The van der Waals surface area contributed by atoms with E-state index in [-0.39, 0.29) is 0 Å². The molecule has 0 aliphatic carbocycles. The highest BCUT2D eigenvalue weighted by Crippen LogP contribution is 2.39. The fourth-order valence-corrected chi connectivity index (χ4v) is 3.88. The van der Waals surface area contributed by atoms with E-state index in [1.807, 2.05) is 54.9 Å². The minimum atomic E-state index is 0.556. The number of nitrogens with zero attached hydrogens (tertiary/aromatic N) is 3. The van der Waals surface area contributed by atoms with Gasteiger partial charge in [-0.05, 0) is 55.8 Å². The van der Waals surface area contributed by atoms with Crippen molar-refractivity contribution in [3.8, 4) is 11.5 Å². The van der Waals surface area contributed by atoms with Gasteiger partial charge in [-0.3, -0.25) is 4.90 Å². The Hall–Kier alpha value is -2.47. The second kappa shape index (κ2) is 8.91. The summed E-state index contributed by atoms with van der Waals surface area (Å²) < 4.78 is 11.5. The highest BCUT2D eigenvalue weighted by atomic mass is 16.5. The topological polar surface area (TPSA) is 45.2 Å². The summed E-state index contributed by atoms with van der Waals surface area (Å²) in [6, 6.07) is 4.09. The van der Waals surface area contributed by atoms with Crippen molar-refractivity contribution in [3.63, 3.8) is 0 Å². The molecule has 152 valence electrons. The first-order valence-electron chi connectivity index (χ1n) is 9.74. The van der Waals surface area contributed by atoms with Crippen LogP contribution in [0.4, 0.5) is 0 Å². The molecule has 0 bridgehead atoms. The molecule has 0 N–H and O–H groups in total. The molecule has 0 aromatic heterocycles. The van der Waals surface area contributed by atoms with Crippen LogP contribution in [0, 0.1) is 0 Å². The van der Waals surface area contributed by atoms with E-state index < -0.39 is 0 Å². The molecule has 2 aliphatic heterocycles. The number of benzene rings is 1. The molecule has 0 saturated carbocycles. The van der Waals surface area contributed by atoms with Crippen molar-refractivity contribution >= 4 is 19.5 Å². The lowest BCUT2D eigenvalue weighted by Gasteiger charge is -2.33. The fraction of sp³-hybridized carbons (Fsp3) is 0.455. The van der Waals surface area contributed by atoms with Crippen molar-refractivity contribution in [1.29, 1.82) is 0 Å². The number of allylic oxidation sites excluding steroid dienone is 3. The van der Waals surface area contributed by atoms with Crippen LogP contribution in [-0.2, 0) is 11.3 Å². The summed E-state index contributed by atoms with van der Waals surface area (Å²) in [5.74, 6) is 3.62. The van der Waals surface area contributed by atoms with Crippen LogP contribution in [-0.4, -0.2) is 76.0 Å². The number of rotatable bonds is 5. The molecule has 1 aromatic rings. The van der Waals surface area contributed by atoms with Gasteiger partial charge >= 0.3 is 0 Å². The van der Waals surface area contributed by atoms with E-state index in [1.54, 1.807) is 14.2 Å². The first kappa shape index (κ1) is 21.2. The van der Waals surface area contributed by atoms with E-state index >= 15 is 0 Å². The summed E-state index contributed by atoms with van der Waals surface area (Å²) in [6.45, 7) is 8.20. The minimum absolute atomic E-state index is 0.556. The average Bonchev–Trinajstić information content (AvgIpc) is 2.72. The molecule has 2 heterocycles. The van der Waals surface area contributed by atoms with E-state index in [0.29, 0.717) is 5.70 Å². The van der Waals surface area contributed by atoms with Crippen LogP contribution in [0.1, 0.15) is 25.0 Å². The van der Waals surface area contributed by atoms with Crippen LogP contribution < -0.4 is 9.47 Å². The molecule has 6 nitrogen and oxygen atoms in total. The van der Waals surface area contributed by atoms with Gasteiger partial charge in [0.25, 0.3) is 0 Å². The number of piperazine rings is 1. The number of ether oxygens (including phenoxy) is 2. The van der Waals surface area contributed by atoms with Gasteiger partial charge in [0, 0.05) is 38.5 Å². The zero-order chi connectivity index (χ0) is 21.1. The van der Waals surface area contributed by atoms with Gasteiger partial charge in [0.05, 0.1) is 19.8 Å². The standard InChI is InChI=1S/C22H28BN3O3/c1-15-16(2)20(14-27)24(3)12-18(15)17-10-21(28-4)19(22(11-17)29-5)13-25-6-8-26(23)9-7-25/h10-12H,6-9,13H2,1-5H3. The SMILES string of the molecule is [B]N1CCN(Cc2c(OC)cc(C3=CN(C)C(=C=O)C(C)=C3C)cc2OC)CC1. The molecule has 1 aromatic carbocycles. The number of likely N-dealkylation sites (N-methyl/N-ethyl adjacent to an activating group) is 1. The molecule has 0 unspecified atom stereocenters. The lowest BCUT2D eigenvalue weighted by atomic mass is 9.91. The molecule has 0 spiro atoms. The van der Waals surface area contributed by atoms with E-state index in [4.69, 9.17) is 17.5 Å². The van der Waals surface area contributed by atoms with Gasteiger partial charge < -0.3 is 19.2 Å². The zero-order valence-electron chi connectivity index (χ0n) is 17.9. The number of carbonyl (C=O) groups excluding carboxylic acids is 1. The highest BCUT2D eigenvalue weighted by Gasteiger charge is 2.23. The highest BCUT2D eigenvalue weighted by molar-refractivity contribution is 6.04. The van der Waals surface area contributed by atoms with Crippen molar-refractivity contribution < 1.29 is 14.3 Å². The maximum atomic E-state index is 11.3. The quantitative estimate of drug-likeness (QED) is 0.565. The third kappa shape index (κ3) is 4.27. The van der Waals surface area contributed by atoms with E-state index in [0.717, 1.165) is 72.1 Å². The van der Waals surface area contributed by atoms with Crippen LogP contribution in [0.15, 0.2) is 35.2 Å². The van der Waals surface area contributed by atoms with Crippen molar-refractivity contribution in [2.24, 2.45) is 0 Å². The Morgan fingerprint density at radius 2 is 1.62 bits per heavy atom. The fourth-order valence-electron chi connectivity index (χ4n) is 3.88. The Kier molecular flexibility index (Phi) is 6.53. The molecule has 0 amide bonds. The lowest BCUT2D eigenvalue weighted by molar-refractivity contribution is 0.181. The van der Waals surface area contributed by atoms with Crippen LogP contribution >= 0.6 is 0 Å². The Morgan fingerprint density at radius 3 is 2.14 bits per heavy atom. The molecular weight excluding hydrogens is 365 g/mol. The monoisotopic (exact) mass is 393 g/mol. The molecule has 2 aliphatic rings. The molecule has 7 heteroatoms. The van der Waals surface area contributed by atoms with Gasteiger partial charge in [-0.15, -0.1) is 0 Å². The Bertz CT molecular complexity index is 870. The third-order valence-electron chi connectivity index (χ3n) is 5.80. The number of hydrogen-bond donors (Lipinski definition) is 0. The molecular formula is C22H28BN3O3. The second-order valence-corrected chi connectivity index (χ2v) is 7.53. The number of hydrogen-bond acceptors (Lipinski definition) is 6. The van der Waals surface area contributed by atoms with Crippen molar-refractivity contribution in [3.05, 3.63) is 46.3 Å². The second-order valence-electron chi connectivity index (χ2n) is 7.53. The van der Waals surface area contributed by atoms with Gasteiger partial charge in [-0.2, -0.15) is 0 Å². The Labute approximate surface area is 174 Å². The van der Waals surface area contributed by atoms with Crippen LogP contribution in [0.5, 0.6) is 11.5 Å². The number of methoxy groups -OCH3 is 2. The maximum absolute atomic E-state index is 11.3. The average molecular weight is 393 g/mol. The molecule has 0 atom stereocenters. The van der Waals surface area contributed by atoms with Crippen molar-refractivity contribution in [1.82, 2.24) is 14.6 Å². The summed E-state index contributed by atoms with van der Waals surface area (Å²) in [7, 11) is 11.1. The van der Waals surface area contributed by atoms with Gasteiger partial charge in [-0.1, -0.05) is 0 Å². The first-order chi connectivity index (χ1) is 13.9. The predicted octanol–water partition coefficient (Wildman–Crippen LogP) is 2.24.